The van der Waals surface area contributed by atoms with Crippen LogP contribution in [-0.2, 0) is 6.54 Å². The first-order valence-electron chi connectivity index (χ1n) is 6.34. The fourth-order valence-corrected chi connectivity index (χ4v) is 2.49. The van der Waals surface area contributed by atoms with Crippen LogP contribution in [0.5, 0.6) is 0 Å². The number of nitro benzene ring substituents is 1. The van der Waals surface area contributed by atoms with Crippen LogP contribution in [0.3, 0.4) is 0 Å². The largest absolute Gasteiger partial charge is 0.343 e. The van der Waals surface area contributed by atoms with Crippen LogP contribution in [0, 0.1) is 17.0 Å². The number of benzene rings is 1. The van der Waals surface area contributed by atoms with Crippen LogP contribution < -0.4 is 5.32 Å². The molecule has 2 rings (SSSR count). The third-order valence-corrected chi connectivity index (χ3v) is 3.47. The van der Waals surface area contributed by atoms with E-state index >= 15 is 0 Å². The van der Waals surface area contributed by atoms with E-state index in [1.165, 1.54) is 6.07 Å². The van der Waals surface area contributed by atoms with Crippen molar-refractivity contribution in [3.05, 3.63) is 56.3 Å². The molecule has 1 heterocycles. The number of anilines is 1. The Morgan fingerprint density at radius 3 is 2.76 bits per heavy atom. The minimum absolute atomic E-state index is 0.123. The van der Waals surface area contributed by atoms with Gasteiger partial charge in [-0.3, -0.25) is 14.9 Å². The first-order valence-corrected chi connectivity index (χ1v) is 7.13. The maximum Gasteiger partial charge on any atom is 0.292 e. The summed E-state index contributed by atoms with van der Waals surface area (Å²) in [5.74, 6) is -0.378. The van der Waals surface area contributed by atoms with Crippen LogP contribution in [0.25, 0.3) is 0 Å². The van der Waals surface area contributed by atoms with Gasteiger partial charge in [-0.25, -0.2) is 0 Å². The maximum atomic E-state index is 12.3. The molecule has 0 fully saturated rings. The molecule has 0 aliphatic heterocycles. The summed E-state index contributed by atoms with van der Waals surface area (Å²) in [6.45, 7) is 4.35. The van der Waals surface area contributed by atoms with E-state index in [1.54, 1.807) is 29.0 Å². The van der Waals surface area contributed by atoms with E-state index in [1.807, 2.05) is 13.8 Å². The molecule has 6 nitrogen and oxygen atoms in total. The molecule has 0 bridgehead atoms. The van der Waals surface area contributed by atoms with Gasteiger partial charge >= 0.3 is 0 Å². The summed E-state index contributed by atoms with van der Waals surface area (Å²) >= 11 is 3.32. The average Bonchev–Trinajstić information content (AvgIpc) is 2.79. The molecule has 1 aromatic heterocycles. The predicted octanol–water partition coefficient (Wildman–Crippen LogP) is 3.74. The SMILES string of the molecule is CCn1cc(Br)cc1C(=O)Nc1cc(C)ccc1[N+](=O)[O-]. The van der Waals surface area contributed by atoms with Crippen molar-refractivity contribution in [1.29, 1.82) is 0 Å². The Hall–Kier alpha value is -2.15. The molecule has 0 radical (unpaired) electrons. The first-order chi connectivity index (χ1) is 9.92. The van der Waals surface area contributed by atoms with Gasteiger partial charge in [0.15, 0.2) is 0 Å². The Labute approximate surface area is 130 Å². The third kappa shape index (κ3) is 3.30. The van der Waals surface area contributed by atoms with Crippen molar-refractivity contribution in [2.24, 2.45) is 0 Å². The van der Waals surface area contributed by atoms with Gasteiger partial charge in [-0.15, -0.1) is 0 Å². The molecule has 110 valence electrons. The standard InChI is InChI=1S/C14H14BrN3O3/c1-3-17-8-10(15)7-13(17)14(19)16-11-6-9(2)4-5-12(11)18(20)21/h4-8H,3H2,1-2H3,(H,16,19). The quantitative estimate of drug-likeness (QED) is 0.673. The zero-order valence-corrected chi connectivity index (χ0v) is 13.2. The highest BCUT2D eigenvalue weighted by Gasteiger charge is 2.18. The second kappa shape index (κ2) is 6.09. The number of carbonyl (C=O) groups is 1. The van der Waals surface area contributed by atoms with E-state index < -0.39 is 4.92 Å². The van der Waals surface area contributed by atoms with Crippen LogP contribution in [0.1, 0.15) is 23.0 Å². The molecular formula is C14H14BrN3O3. The Morgan fingerprint density at radius 1 is 1.43 bits per heavy atom. The topological polar surface area (TPSA) is 77.2 Å². The molecule has 1 N–H and O–H groups in total. The molecule has 0 aliphatic carbocycles. The number of aromatic nitrogens is 1. The molecule has 7 heteroatoms. The second-order valence-corrected chi connectivity index (χ2v) is 5.48. The summed E-state index contributed by atoms with van der Waals surface area (Å²) in [5.41, 5.74) is 1.36. The van der Waals surface area contributed by atoms with Crippen molar-refractivity contribution in [3.63, 3.8) is 0 Å². The summed E-state index contributed by atoms with van der Waals surface area (Å²) in [6, 6.07) is 6.30. The molecule has 21 heavy (non-hydrogen) atoms. The number of nitrogens with one attached hydrogen (secondary N) is 1. The highest BCUT2D eigenvalue weighted by atomic mass is 79.9. The van der Waals surface area contributed by atoms with Gasteiger partial charge < -0.3 is 9.88 Å². The number of halogens is 1. The molecule has 0 spiro atoms. The van der Waals surface area contributed by atoms with Gasteiger partial charge in [0, 0.05) is 23.3 Å². The summed E-state index contributed by atoms with van der Waals surface area (Å²) < 4.78 is 2.55. The van der Waals surface area contributed by atoms with Crippen molar-refractivity contribution < 1.29 is 9.72 Å². The number of rotatable bonds is 4. The smallest absolute Gasteiger partial charge is 0.292 e. The minimum atomic E-state index is -0.510. The van der Waals surface area contributed by atoms with E-state index in [2.05, 4.69) is 21.2 Å². The van der Waals surface area contributed by atoms with Crippen molar-refractivity contribution in [2.75, 3.05) is 5.32 Å². The Morgan fingerprint density at radius 2 is 2.14 bits per heavy atom. The van der Waals surface area contributed by atoms with Gasteiger partial charge in [0.2, 0.25) is 0 Å². The second-order valence-electron chi connectivity index (χ2n) is 4.56. The van der Waals surface area contributed by atoms with Gasteiger partial charge in [0.1, 0.15) is 11.4 Å². The highest BCUT2D eigenvalue weighted by molar-refractivity contribution is 9.10. The molecule has 0 saturated heterocycles. The van der Waals surface area contributed by atoms with Crippen molar-refractivity contribution in [1.82, 2.24) is 4.57 Å². The number of hydrogen-bond acceptors (Lipinski definition) is 3. The van der Waals surface area contributed by atoms with Gasteiger partial charge in [-0.1, -0.05) is 6.07 Å². The number of nitrogens with zero attached hydrogens (tertiary/aromatic N) is 2. The summed E-state index contributed by atoms with van der Waals surface area (Å²) in [5, 5.41) is 13.6. The molecule has 0 aliphatic rings. The molecular weight excluding hydrogens is 338 g/mol. The van der Waals surface area contributed by atoms with Gasteiger partial charge in [0.05, 0.1) is 4.92 Å². The summed E-state index contributed by atoms with van der Waals surface area (Å²) in [6.07, 6.45) is 1.79. The fraction of sp³-hybridized carbons (Fsp3) is 0.214. The normalized spacial score (nSPS) is 10.4. The number of nitro groups is 1. The Balaban J connectivity index is 2.35. The van der Waals surface area contributed by atoms with Gasteiger partial charge in [0.25, 0.3) is 11.6 Å². The van der Waals surface area contributed by atoms with Gasteiger partial charge in [-0.05, 0) is 47.5 Å². The fourth-order valence-electron chi connectivity index (χ4n) is 2.02. The zero-order valence-electron chi connectivity index (χ0n) is 11.6. The number of amides is 1. The molecule has 2 aromatic rings. The van der Waals surface area contributed by atoms with Crippen LogP contribution in [0.4, 0.5) is 11.4 Å². The first kappa shape index (κ1) is 15.2. The van der Waals surface area contributed by atoms with E-state index in [0.29, 0.717) is 12.2 Å². The van der Waals surface area contributed by atoms with Crippen LogP contribution in [0.2, 0.25) is 0 Å². The zero-order chi connectivity index (χ0) is 15.6. The lowest BCUT2D eigenvalue weighted by Crippen LogP contribution is -2.17. The average molecular weight is 352 g/mol. The van der Waals surface area contributed by atoms with Crippen LogP contribution in [0.15, 0.2) is 34.9 Å². The van der Waals surface area contributed by atoms with E-state index in [9.17, 15) is 14.9 Å². The molecule has 0 saturated carbocycles. The van der Waals surface area contributed by atoms with Crippen LogP contribution >= 0.6 is 15.9 Å². The molecule has 0 atom stereocenters. The number of aryl methyl sites for hydroxylation is 2. The number of carbonyl (C=O) groups excluding carboxylic acids is 1. The lowest BCUT2D eigenvalue weighted by Gasteiger charge is -2.08. The van der Waals surface area contributed by atoms with Crippen LogP contribution in [-0.4, -0.2) is 15.4 Å². The number of hydrogen-bond donors (Lipinski definition) is 1. The Kier molecular flexibility index (Phi) is 4.42. The predicted molar refractivity (Wildman–Crippen MR) is 83.6 cm³/mol. The van der Waals surface area contributed by atoms with Crippen molar-refractivity contribution >= 4 is 33.2 Å². The van der Waals surface area contributed by atoms with Crippen molar-refractivity contribution in [2.45, 2.75) is 20.4 Å². The summed E-state index contributed by atoms with van der Waals surface area (Å²) in [4.78, 5) is 22.8. The molecule has 0 unspecified atom stereocenters. The van der Waals surface area contributed by atoms with E-state index in [0.717, 1.165) is 10.0 Å². The lowest BCUT2D eigenvalue weighted by atomic mass is 10.2. The van der Waals surface area contributed by atoms with Gasteiger partial charge in [-0.2, -0.15) is 0 Å². The molecule has 1 amide bonds. The monoisotopic (exact) mass is 351 g/mol. The molecule has 1 aromatic carbocycles. The minimum Gasteiger partial charge on any atom is -0.343 e. The Bertz CT molecular complexity index is 709. The van der Waals surface area contributed by atoms with E-state index in [-0.39, 0.29) is 17.3 Å². The maximum absolute atomic E-state index is 12.3. The highest BCUT2D eigenvalue weighted by Crippen LogP contribution is 2.26. The van der Waals surface area contributed by atoms with Crippen molar-refractivity contribution in [3.8, 4) is 0 Å². The third-order valence-electron chi connectivity index (χ3n) is 3.03. The summed E-state index contributed by atoms with van der Waals surface area (Å²) in [7, 11) is 0. The lowest BCUT2D eigenvalue weighted by molar-refractivity contribution is -0.383. The van der Waals surface area contributed by atoms with E-state index in [4.69, 9.17) is 0 Å².